The Balaban J connectivity index is 1.94. The fourth-order valence-electron chi connectivity index (χ4n) is 2.21. The van der Waals surface area contributed by atoms with Gasteiger partial charge in [-0.2, -0.15) is 5.10 Å². The molecule has 2 rings (SSSR count). The Morgan fingerprint density at radius 1 is 1.19 bits per heavy atom. The van der Waals surface area contributed by atoms with Crippen LogP contribution in [0.3, 0.4) is 0 Å². The average Bonchev–Trinajstić information content (AvgIpc) is 2.76. The molecule has 0 saturated heterocycles. The number of ether oxygens (including phenoxy) is 1. The van der Waals surface area contributed by atoms with Crippen LogP contribution in [-0.4, -0.2) is 15.9 Å². The molecule has 1 N–H and O–H groups in total. The Morgan fingerprint density at radius 2 is 1.86 bits per heavy atom. The number of aromatic nitrogens is 2. The standard InChI is InChI=1S/C17H25N3O/c1-12(2)21-17-8-6-15(7-9-17)13(3)18-10-16-11-19-20(5)14(16)4/h6-9,11-13,18H,10H2,1-5H3. The summed E-state index contributed by atoms with van der Waals surface area (Å²) in [4.78, 5) is 0. The molecule has 0 bridgehead atoms. The maximum absolute atomic E-state index is 5.67. The quantitative estimate of drug-likeness (QED) is 0.885. The van der Waals surface area contributed by atoms with Crippen molar-refractivity contribution >= 4 is 0 Å². The van der Waals surface area contributed by atoms with E-state index in [1.165, 1.54) is 16.8 Å². The van der Waals surface area contributed by atoms with Gasteiger partial charge in [0.05, 0.1) is 12.3 Å². The van der Waals surface area contributed by atoms with E-state index in [2.05, 4.69) is 36.4 Å². The fraction of sp³-hybridized carbons (Fsp3) is 0.471. The summed E-state index contributed by atoms with van der Waals surface area (Å²) in [5.41, 5.74) is 3.70. The van der Waals surface area contributed by atoms with Crippen molar-refractivity contribution in [2.45, 2.75) is 46.4 Å². The maximum Gasteiger partial charge on any atom is 0.119 e. The highest BCUT2D eigenvalue weighted by Crippen LogP contribution is 2.19. The molecule has 1 aromatic heterocycles. The summed E-state index contributed by atoms with van der Waals surface area (Å²) in [6, 6.07) is 8.58. The Labute approximate surface area is 127 Å². The molecular formula is C17H25N3O. The third-order valence-electron chi connectivity index (χ3n) is 3.69. The first-order chi connectivity index (χ1) is 9.97. The van der Waals surface area contributed by atoms with Crippen LogP contribution in [-0.2, 0) is 13.6 Å². The molecule has 2 aromatic rings. The van der Waals surface area contributed by atoms with Crippen molar-refractivity contribution in [1.29, 1.82) is 0 Å². The third-order valence-corrected chi connectivity index (χ3v) is 3.69. The molecule has 0 radical (unpaired) electrons. The minimum Gasteiger partial charge on any atom is -0.491 e. The molecule has 0 saturated carbocycles. The van der Waals surface area contributed by atoms with Crippen molar-refractivity contribution in [3.63, 3.8) is 0 Å². The van der Waals surface area contributed by atoms with E-state index in [9.17, 15) is 0 Å². The molecule has 21 heavy (non-hydrogen) atoms. The van der Waals surface area contributed by atoms with E-state index in [1.54, 1.807) is 0 Å². The molecule has 0 amide bonds. The maximum atomic E-state index is 5.67. The van der Waals surface area contributed by atoms with E-state index in [0.717, 1.165) is 12.3 Å². The molecule has 4 heteroatoms. The summed E-state index contributed by atoms with van der Waals surface area (Å²) in [6.45, 7) is 9.16. The van der Waals surface area contributed by atoms with E-state index >= 15 is 0 Å². The number of hydrogen-bond acceptors (Lipinski definition) is 3. The van der Waals surface area contributed by atoms with Crippen LogP contribution in [0.2, 0.25) is 0 Å². The first-order valence-electron chi connectivity index (χ1n) is 7.45. The van der Waals surface area contributed by atoms with Crippen LogP contribution in [0.5, 0.6) is 5.75 Å². The zero-order valence-electron chi connectivity index (χ0n) is 13.6. The molecule has 1 unspecified atom stereocenters. The highest BCUT2D eigenvalue weighted by atomic mass is 16.5. The number of nitrogens with one attached hydrogen (secondary N) is 1. The van der Waals surface area contributed by atoms with Gasteiger partial charge < -0.3 is 10.1 Å². The zero-order chi connectivity index (χ0) is 15.4. The minimum absolute atomic E-state index is 0.208. The Morgan fingerprint density at radius 3 is 2.38 bits per heavy atom. The highest BCUT2D eigenvalue weighted by molar-refractivity contribution is 5.29. The lowest BCUT2D eigenvalue weighted by Gasteiger charge is -2.15. The van der Waals surface area contributed by atoms with Gasteiger partial charge in [-0.3, -0.25) is 4.68 Å². The second-order valence-corrected chi connectivity index (χ2v) is 5.72. The van der Waals surface area contributed by atoms with Crippen LogP contribution >= 0.6 is 0 Å². The summed E-state index contributed by atoms with van der Waals surface area (Å²) in [5.74, 6) is 0.920. The normalized spacial score (nSPS) is 12.7. The Kier molecular flexibility index (Phi) is 5.02. The lowest BCUT2D eigenvalue weighted by atomic mass is 10.1. The first-order valence-corrected chi connectivity index (χ1v) is 7.45. The van der Waals surface area contributed by atoms with Crippen molar-refractivity contribution in [1.82, 2.24) is 15.1 Å². The number of aryl methyl sites for hydroxylation is 1. The van der Waals surface area contributed by atoms with Crippen LogP contribution in [0.4, 0.5) is 0 Å². The highest BCUT2D eigenvalue weighted by Gasteiger charge is 2.08. The SMILES string of the molecule is Cc1c(CNC(C)c2ccc(OC(C)C)cc2)cnn1C. The molecule has 0 aliphatic carbocycles. The Bertz CT molecular complexity index is 572. The predicted molar refractivity (Wildman–Crippen MR) is 85.4 cm³/mol. The van der Waals surface area contributed by atoms with Crippen LogP contribution in [0, 0.1) is 6.92 Å². The van der Waals surface area contributed by atoms with Gasteiger partial charge in [-0.1, -0.05) is 12.1 Å². The summed E-state index contributed by atoms with van der Waals surface area (Å²) >= 11 is 0. The molecule has 0 spiro atoms. The van der Waals surface area contributed by atoms with Crippen molar-refractivity contribution in [2.24, 2.45) is 7.05 Å². The van der Waals surface area contributed by atoms with Crippen molar-refractivity contribution in [3.05, 3.63) is 47.3 Å². The van der Waals surface area contributed by atoms with Crippen LogP contribution in [0.15, 0.2) is 30.5 Å². The lowest BCUT2D eigenvalue weighted by Crippen LogP contribution is -2.18. The summed E-state index contributed by atoms with van der Waals surface area (Å²) in [6.07, 6.45) is 2.13. The van der Waals surface area contributed by atoms with Crippen LogP contribution in [0.25, 0.3) is 0 Å². The second kappa shape index (κ2) is 6.76. The van der Waals surface area contributed by atoms with Crippen molar-refractivity contribution < 1.29 is 4.74 Å². The molecule has 1 heterocycles. The summed E-state index contributed by atoms with van der Waals surface area (Å²) < 4.78 is 7.57. The number of hydrogen-bond donors (Lipinski definition) is 1. The van der Waals surface area contributed by atoms with E-state index in [1.807, 2.05) is 43.9 Å². The van der Waals surface area contributed by atoms with Crippen molar-refractivity contribution in [3.8, 4) is 5.75 Å². The summed E-state index contributed by atoms with van der Waals surface area (Å²) in [7, 11) is 1.97. The lowest BCUT2D eigenvalue weighted by molar-refractivity contribution is 0.242. The topological polar surface area (TPSA) is 39.1 Å². The van der Waals surface area contributed by atoms with Gasteiger partial charge in [-0.15, -0.1) is 0 Å². The number of benzene rings is 1. The second-order valence-electron chi connectivity index (χ2n) is 5.72. The number of rotatable bonds is 6. The molecular weight excluding hydrogens is 262 g/mol. The van der Waals surface area contributed by atoms with Gasteiger partial charge in [0.25, 0.3) is 0 Å². The van der Waals surface area contributed by atoms with Gasteiger partial charge in [-0.25, -0.2) is 0 Å². The molecule has 0 aliphatic rings. The summed E-state index contributed by atoms with van der Waals surface area (Å²) in [5, 5.41) is 7.80. The smallest absolute Gasteiger partial charge is 0.119 e. The first kappa shape index (κ1) is 15.6. The van der Waals surface area contributed by atoms with Crippen LogP contribution in [0.1, 0.15) is 43.6 Å². The van der Waals surface area contributed by atoms with Gasteiger partial charge in [0.15, 0.2) is 0 Å². The fourth-order valence-corrected chi connectivity index (χ4v) is 2.21. The minimum atomic E-state index is 0.208. The van der Waals surface area contributed by atoms with Gasteiger partial charge >= 0.3 is 0 Å². The molecule has 1 aromatic carbocycles. The van der Waals surface area contributed by atoms with Gasteiger partial charge in [-0.05, 0) is 45.4 Å². The van der Waals surface area contributed by atoms with Crippen molar-refractivity contribution in [2.75, 3.05) is 0 Å². The van der Waals surface area contributed by atoms with E-state index < -0.39 is 0 Å². The predicted octanol–water partition coefficient (Wildman–Crippen LogP) is 3.37. The molecule has 114 valence electrons. The van der Waals surface area contributed by atoms with Gasteiger partial charge in [0, 0.05) is 30.9 Å². The van der Waals surface area contributed by atoms with E-state index in [0.29, 0.717) is 0 Å². The Hall–Kier alpha value is -1.81. The molecule has 0 fully saturated rings. The zero-order valence-corrected chi connectivity index (χ0v) is 13.6. The monoisotopic (exact) mass is 287 g/mol. The van der Waals surface area contributed by atoms with E-state index in [4.69, 9.17) is 4.74 Å². The van der Waals surface area contributed by atoms with Crippen LogP contribution < -0.4 is 10.1 Å². The average molecular weight is 287 g/mol. The molecule has 4 nitrogen and oxygen atoms in total. The molecule has 0 aliphatic heterocycles. The third kappa shape index (κ3) is 4.08. The molecule has 1 atom stereocenters. The van der Waals surface area contributed by atoms with E-state index in [-0.39, 0.29) is 12.1 Å². The largest absolute Gasteiger partial charge is 0.491 e. The number of nitrogens with zero attached hydrogens (tertiary/aromatic N) is 2. The van der Waals surface area contributed by atoms with Gasteiger partial charge in [0.1, 0.15) is 5.75 Å². The van der Waals surface area contributed by atoms with Gasteiger partial charge in [0.2, 0.25) is 0 Å².